The van der Waals surface area contributed by atoms with Crippen molar-refractivity contribution in [2.24, 2.45) is 0 Å². The highest BCUT2D eigenvalue weighted by atomic mass is 16.3. The van der Waals surface area contributed by atoms with E-state index in [2.05, 4.69) is 11.6 Å². The molecule has 0 atom stereocenters. The lowest BCUT2D eigenvalue weighted by molar-refractivity contribution is 0.265. The van der Waals surface area contributed by atoms with Crippen LogP contribution in [-0.2, 0) is 13.2 Å². The third-order valence-electron chi connectivity index (χ3n) is 1.72. The summed E-state index contributed by atoms with van der Waals surface area (Å²) in [6.45, 7) is 6.66. The van der Waals surface area contributed by atoms with Gasteiger partial charge >= 0.3 is 0 Å². The predicted molar refractivity (Wildman–Crippen MR) is 47.6 cm³/mol. The summed E-state index contributed by atoms with van der Waals surface area (Å²) in [6.07, 6.45) is 4.50. The smallest absolute Gasteiger partial charge is 0.134 e. The Morgan fingerprint density at radius 2 is 2.50 bits per heavy atom. The third kappa shape index (κ3) is 2.20. The normalized spacial score (nSPS) is 10.2. The average molecular weight is 166 g/mol. The molecule has 0 unspecified atom stereocenters. The van der Waals surface area contributed by atoms with Gasteiger partial charge in [0.2, 0.25) is 0 Å². The molecule has 0 spiro atoms. The van der Waals surface area contributed by atoms with Crippen molar-refractivity contribution >= 4 is 0 Å². The Balaban J connectivity index is 2.56. The molecule has 1 aromatic rings. The first-order chi connectivity index (χ1) is 5.74. The minimum absolute atomic E-state index is 0.00317. The predicted octanol–water partition coefficient (Wildman–Crippen LogP) is 1.34. The van der Waals surface area contributed by atoms with Gasteiger partial charge in [-0.05, 0) is 13.3 Å². The van der Waals surface area contributed by atoms with Crippen molar-refractivity contribution in [3.63, 3.8) is 0 Å². The summed E-state index contributed by atoms with van der Waals surface area (Å²) in [5.74, 6) is 0.719. The Hall–Kier alpha value is -1.09. The minimum Gasteiger partial charge on any atom is -0.388 e. The molecule has 1 N–H and O–H groups in total. The van der Waals surface area contributed by atoms with E-state index in [0.717, 1.165) is 24.4 Å². The van der Waals surface area contributed by atoms with E-state index in [1.165, 1.54) is 0 Å². The quantitative estimate of drug-likeness (QED) is 0.685. The standard InChI is InChI=1S/C9H14N2O/c1-8(2)3-5-11-6-4-10-9(11)7-12/h4,6,12H,1,3,5,7H2,2H3. The molecule has 0 saturated heterocycles. The molecule has 1 rings (SSSR count). The maximum Gasteiger partial charge on any atom is 0.134 e. The van der Waals surface area contributed by atoms with E-state index in [0.29, 0.717) is 0 Å². The van der Waals surface area contributed by atoms with E-state index in [-0.39, 0.29) is 6.61 Å². The van der Waals surface area contributed by atoms with Gasteiger partial charge in [0.25, 0.3) is 0 Å². The molecule has 66 valence electrons. The third-order valence-corrected chi connectivity index (χ3v) is 1.72. The fraction of sp³-hybridized carbons (Fsp3) is 0.444. The number of aromatic nitrogens is 2. The van der Waals surface area contributed by atoms with Gasteiger partial charge in [0.05, 0.1) is 0 Å². The number of hydrogen-bond donors (Lipinski definition) is 1. The molecule has 1 aromatic heterocycles. The second-order valence-corrected chi connectivity index (χ2v) is 2.90. The fourth-order valence-electron chi connectivity index (χ4n) is 1.01. The van der Waals surface area contributed by atoms with E-state index < -0.39 is 0 Å². The summed E-state index contributed by atoms with van der Waals surface area (Å²) < 4.78 is 1.94. The van der Waals surface area contributed by atoms with Crippen LogP contribution in [0.1, 0.15) is 19.2 Å². The Morgan fingerprint density at radius 1 is 1.75 bits per heavy atom. The molecule has 0 fully saturated rings. The first-order valence-corrected chi connectivity index (χ1v) is 3.99. The largest absolute Gasteiger partial charge is 0.388 e. The van der Waals surface area contributed by atoms with Gasteiger partial charge in [0.1, 0.15) is 12.4 Å². The summed E-state index contributed by atoms with van der Waals surface area (Å²) in [4.78, 5) is 4.00. The average Bonchev–Trinajstić information content (AvgIpc) is 2.47. The van der Waals surface area contributed by atoms with Crippen molar-refractivity contribution in [2.45, 2.75) is 26.5 Å². The summed E-state index contributed by atoms with van der Waals surface area (Å²) in [6, 6.07) is 0. The molecule has 3 nitrogen and oxygen atoms in total. The number of rotatable bonds is 4. The Labute approximate surface area is 72.4 Å². The van der Waals surface area contributed by atoms with Crippen LogP contribution in [-0.4, -0.2) is 14.7 Å². The fourth-order valence-corrected chi connectivity index (χ4v) is 1.01. The van der Waals surface area contributed by atoms with Crippen LogP contribution < -0.4 is 0 Å². The van der Waals surface area contributed by atoms with Crippen LogP contribution in [0.3, 0.4) is 0 Å². The van der Waals surface area contributed by atoms with Crippen LogP contribution in [0.2, 0.25) is 0 Å². The highest BCUT2D eigenvalue weighted by molar-refractivity contribution is 4.93. The number of aliphatic hydroxyl groups is 1. The monoisotopic (exact) mass is 166 g/mol. The molecule has 0 amide bonds. The molecule has 12 heavy (non-hydrogen) atoms. The minimum atomic E-state index is 0.00317. The Kier molecular flexibility index (Phi) is 3.05. The van der Waals surface area contributed by atoms with Crippen LogP contribution in [0.5, 0.6) is 0 Å². The summed E-state index contributed by atoms with van der Waals surface area (Å²) in [5.41, 5.74) is 1.15. The molecular formula is C9H14N2O. The summed E-state index contributed by atoms with van der Waals surface area (Å²) in [5, 5.41) is 8.87. The number of hydrogen-bond acceptors (Lipinski definition) is 2. The van der Waals surface area contributed by atoms with Gasteiger partial charge in [-0.2, -0.15) is 0 Å². The molecule has 0 bridgehead atoms. The molecule has 0 aromatic carbocycles. The molecule has 0 saturated carbocycles. The summed E-state index contributed by atoms with van der Waals surface area (Å²) in [7, 11) is 0. The van der Waals surface area contributed by atoms with E-state index >= 15 is 0 Å². The molecule has 0 radical (unpaired) electrons. The lowest BCUT2D eigenvalue weighted by atomic mass is 10.2. The molecule has 0 aliphatic rings. The van der Waals surface area contributed by atoms with Gasteiger partial charge in [-0.15, -0.1) is 6.58 Å². The number of nitrogens with zero attached hydrogens (tertiary/aromatic N) is 2. The van der Waals surface area contributed by atoms with Crippen LogP contribution in [0.4, 0.5) is 0 Å². The van der Waals surface area contributed by atoms with Crippen molar-refractivity contribution < 1.29 is 5.11 Å². The second-order valence-electron chi connectivity index (χ2n) is 2.90. The molecule has 1 heterocycles. The zero-order valence-electron chi connectivity index (χ0n) is 7.32. The highest BCUT2D eigenvalue weighted by Crippen LogP contribution is 2.03. The molecular weight excluding hydrogens is 152 g/mol. The van der Waals surface area contributed by atoms with Crippen LogP contribution in [0.25, 0.3) is 0 Å². The number of aryl methyl sites for hydroxylation is 1. The van der Waals surface area contributed by atoms with Crippen LogP contribution in [0.15, 0.2) is 24.5 Å². The zero-order chi connectivity index (χ0) is 8.97. The SMILES string of the molecule is C=C(C)CCn1ccnc1CO. The maximum absolute atomic E-state index is 8.87. The molecule has 3 heteroatoms. The Morgan fingerprint density at radius 3 is 3.08 bits per heavy atom. The van der Waals surface area contributed by atoms with Crippen molar-refractivity contribution in [3.05, 3.63) is 30.4 Å². The van der Waals surface area contributed by atoms with Gasteiger partial charge in [0.15, 0.2) is 0 Å². The van der Waals surface area contributed by atoms with E-state index in [1.54, 1.807) is 6.20 Å². The van der Waals surface area contributed by atoms with E-state index in [9.17, 15) is 0 Å². The van der Waals surface area contributed by atoms with Crippen LogP contribution in [0, 0.1) is 0 Å². The molecule has 0 aliphatic carbocycles. The van der Waals surface area contributed by atoms with Gasteiger partial charge in [-0.3, -0.25) is 0 Å². The van der Waals surface area contributed by atoms with E-state index in [4.69, 9.17) is 5.11 Å². The molecule has 0 aliphatic heterocycles. The van der Waals surface area contributed by atoms with Gasteiger partial charge < -0.3 is 9.67 Å². The van der Waals surface area contributed by atoms with Gasteiger partial charge in [-0.1, -0.05) is 5.57 Å². The van der Waals surface area contributed by atoms with Crippen LogP contribution >= 0.6 is 0 Å². The van der Waals surface area contributed by atoms with Crippen molar-refractivity contribution in [1.29, 1.82) is 0 Å². The topological polar surface area (TPSA) is 38.0 Å². The lowest BCUT2D eigenvalue weighted by Gasteiger charge is -2.04. The first kappa shape index (κ1) is 9.00. The second kappa shape index (κ2) is 4.07. The Bertz CT molecular complexity index is 265. The maximum atomic E-state index is 8.87. The van der Waals surface area contributed by atoms with Crippen molar-refractivity contribution in [1.82, 2.24) is 9.55 Å². The highest BCUT2D eigenvalue weighted by Gasteiger charge is 1.99. The number of allylic oxidation sites excluding steroid dienone is 1. The van der Waals surface area contributed by atoms with Crippen molar-refractivity contribution in [3.8, 4) is 0 Å². The number of imidazole rings is 1. The van der Waals surface area contributed by atoms with Gasteiger partial charge in [0, 0.05) is 18.9 Å². The lowest BCUT2D eigenvalue weighted by Crippen LogP contribution is -2.02. The van der Waals surface area contributed by atoms with Gasteiger partial charge in [-0.25, -0.2) is 4.98 Å². The zero-order valence-corrected chi connectivity index (χ0v) is 7.32. The summed E-state index contributed by atoms with van der Waals surface area (Å²) >= 11 is 0. The number of aliphatic hydroxyl groups excluding tert-OH is 1. The van der Waals surface area contributed by atoms with Crippen molar-refractivity contribution in [2.75, 3.05) is 0 Å². The van der Waals surface area contributed by atoms with E-state index in [1.807, 2.05) is 17.7 Å². The first-order valence-electron chi connectivity index (χ1n) is 3.99.